The van der Waals surface area contributed by atoms with E-state index in [1.807, 2.05) is 13.8 Å². The Morgan fingerprint density at radius 2 is 1.85 bits per heavy atom. The third-order valence-corrected chi connectivity index (χ3v) is 4.19. The average molecular weight is 377 g/mol. The molecule has 6 nitrogen and oxygen atoms in total. The molecule has 0 aliphatic heterocycles. The molecule has 0 saturated carbocycles. The molecule has 1 aromatic carbocycles. The molecule has 26 heavy (non-hydrogen) atoms. The second-order valence-corrected chi connectivity index (χ2v) is 7.87. The molecule has 0 amide bonds. The fourth-order valence-electron chi connectivity index (χ4n) is 2.38. The first-order chi connectivity index (χ1) is 12.2. The van der Waals surface area contributed by atoms with Crippen LogP contribution in [-0.2, 0) is 21.4 Å². The van der Waals surface area contributed by atoms with E-state index >= 15 is 0 Å². The normalized spacial score (nSPS) is 12.0. The number of carbonyl (C=O) groups is 1. The lowest BCUT2D eigenvalue weighted by molar-refractivity contribution is -0.104. The number of nitrogens with one attached hydrogen (secondary N) is 1. The molecule has 8 heteroatoms. The molecule has 138 valence electrons. The molecule has 0 unspecified atom stereocenters. The summed E-state index contributed by atoms with van der Waals surface area (Å²) >= 11 is 0. The van der Waals surface area contributed by atoms with E-state index in [1.54, 1.807) is 18.2 Å². The van der Waals surface area contributed by atoms with Gasteiger partial charge in [0.05, 0.1) is 24.2 Å². The van der Waals surface area contributed by atoms with E-state index in [0.717, 1.165) is 6.26 Å². The van der Waals surface area contributed by atoms with Crippen LogP contribution in [0.4, 0.5) is 4.39 Å². The fraction of sp³-hybridized carbons (Fsp3) is 0.278. The maximum atomic E-state index is 13.3. The maximum Gasteiger partial charge on any atom is 0.209 e. The molecule has 1 N–H and O–H groups in total. The van der Waals surface area contributed by atoms with Crippen molar-refractivity contribution < 1.29 is 17.6 Å². The van der Waals surface area contributed by atoms with Crippen LogP contribution >= 0.6 is 0 Å². The SMILES string of the molecule is CC(C)c1nc(CNS(C)(=O)=O)nc(-c2ccc(F)cc2)c1C=CC=O. The number of aldehydes is 1. The number of sulfonamides is 1. The van der Waals surface area contributed by atoms with Crippen LogP contribution in [0.25, 0.3) is 17.3 Å². The van der Waals surface area contributed by atoms with Crippen molar-refractivity contribution in [2.75, 3.05) is 6.26 Å². The monoisotopic (exact) mass is 377 g/mol. The first-order valence-corrected chi connectivity index (χ1v) is 9.83. The Balaban J connectivity index is 2.66. The van der Waals surface area contributed by atoms with Gasteiger partial charge in [-0.3, -0.25) is 4.79 Å². The van der Waals surface area contributed by atoms with E-state index in [1.165, 1.54) is 18.2 Å². The van der Waals surface area contributed by atoms with Gasteiger partial charge in [-0.25, -0.2) is 27.5 Å². The Kier molecular flexibility index (Phi) is 6.33. The van der Waals surface area contributed by atoms with Crippen LogP contribution < -0.4 is 4.72 Å². The molecular weight excluding hydrogens is 357 g/mol. The van der Waals surface area contributed by atoms with Crippen LogP contribution in [0.2, 0.25) is 0 Å². The standard InChI is InChI=1S/C18H20FN3O3S/c1-12(2)17-15(5-4-10-23)18(13-6-8-14(19)9-7-13)22-16(21-17)11-20-26(3,24)25/h4-10,12,20H,11H2,1-3H3. The molecule has 0 aliphatic rings. The highest BCUT2D eigenvalue weighted by molar-refractivity contribution is 7.88. The quantitative estimate of drug-likeness (QED) is 0.592. The van der Waals surface area contributed by atoms with Crippen molar-refractivity contribution in [3.63, 3.8) is 0 Å². The lowest BCUT2D eigenvalue weighted by atomic mass is 9.98. The zero-order chi connectivity index (χ0) is 19.3. The van der Waals surface area contributed by atoms with Crippen LogP contribution in [0, 0.1) is 5.82 Å². The van der Waals surface area contributed by atoms with Crippen molar-refractivity contribution in [2.24, 2.45) is 0 Å². The number of carbonyl (C=O) groups excluding carboxylic acids is 1. The lowest BCUT2D eigenvalue weighted by Gasteiger charge is -2.16. The summed E-state index contributed by atoms with van der Waals surface area (Å²) in [4.78, 5) is 19.7. The van der Waals surface area contributed by atoms with Crippen molar-refractivity contribution in [1.29, 1.82) is 0 Å². The van der Waals surface area contributed by atoms with Gasteiger partial charge in [-0.05, 0) is 42.3 Å². The summed E-state index contributed by atoms with van der Waals surface area (Å²) in [6.07, 6.45) is 4.65. The van der Waals surface area contributed by atoms with Gasteiger partial charge in [-0.2, -0.15) is 0 Å². The molecule has 0 aliphatic carbocycles. The van der Waals surface area contributed by atoms with Crippen LogP contribution in [0.15, 0.2) is 30.3 Å². The molecule has 0 bridgehead atoms. The van der Waals surface area contributed by atoms with Gasteiger partial charge in [0.15, 0.2) is 0 Å². The summed E-state index contributed by atoms with van der Waals surface area (Å²) in [6, 6.07) is 5.78. The van der Waals surface area contributed by atoms with Gasteiger partial charge in [0.1, 0.15) is 17.9 Å². The molecule has 0 fully saturated rings. The predicted molar refractivity (Wildman–Crippen MR) is 98.3 cm³/mol. The Morgan fingerprint density at radius 3 is 2.38 bits per heavy atom. The van der Waals surface area contributed by atoms with Crippen LogP contribution in [0.3, 0.4) is 0 Å². The van der Waals surface area contributed by atoms with Gasteiger partial charge in [0.25, 0.3) is 0 Å². The maximum absolute atomic E-state index is 13.3. The van der Waals surface area contributed by atoms with Crippen molar-refractivity contribution in [2.45, 2.75) is 26.3 Å². The van der Waals surface area contributed by atoms with Crippen molar-refractivity contribution in [3.05, 3.63) is 53.2 Å². The van der Waals surface area contributed by atoms with Gasteiger partial charge in [-0.15, -0.1) is 0 Å². The number of nitrogens with zero attached hydrogens (tertiary/aromatic N) is 2. The van der Waals surface area contributed by atoms with Crippen molar-refractivity contribution >= 4 is 22.4 Å². The predicted octanol–water partition coefficient (Wildman–Crippen LogP) is 2.67. The topological polar surface area (TPSA) is 89.0 Å². The van der Waals surface area contributed by atoms with Gasteiger partial charge in [0, 0.05) is 11.1 Å². The summed E-state index contributed by atoms with van der Waals surface area (Å²) in [7, 11) is -3.40. The second kappa shape index (κ2) is 8.29. The molecule has 1 aromatic heterocycles. The average Bonchev–Trinajstić information content (AvgIpc) is 2.58. The first-order valence-electron chi connectivity index (χ1n) is 7.94. The first kappa shape index (κ1) is 19.9. The van der Waals surface area contributed by atoms with E-state index < -0.39 is 10.0 Å². The van der Waals surface area contributed by atoms with Gasteiger partial charge in [-0.1, -0.05) is 13.8 Å². The van der Waals surface area contributed by atoms with E-state index in [0.29, 0.717) is 34.6 Å². The lowest BCUT2D eigenvalue weighted by Crippen LogP contribution is -2.23. The van der Waals surface area contributed by atoms with E-state index in [2.05, 4.69) is 14.7 Å². The summed E-state index contributed by atoms with van der Waals surface area (Å²) < 4.78 is 38.4. The third-order valence-electron chi connectivity index (χ3n) is 3.52. The molecule has 2 aromatic rings. The molecule has 0 radical (unpaired) electrons. The van der Waals surface area contributed by atoms with E-state index in [4.69, 9.17) is 0 Å². The highest BCUT2D eigenvalue weighted by Gasteiger charge is 2.17. The summed E-state index contributed by atoms with van der Waals surface area (Å²) in [5.74, 6) is -0.0852. The van der Waals surface area contributed by atoms with Crippen molar-refractivity contribution in [3.8, 4) is 11.3 Å². The van der Waals surface area contributed by atoms with Gasteiger partial charge < -0.3 is 0 Å². The molecule has 1 heterocycles. The number of hydrogen-bond acceptors (Lipinski definition) is 5. The van der Waals surface area contributed by atoms with Crippen LogP contribution in [0.1, 0.15) is 36.8 Å². The number of aromatic nitrogens is 2. The Bertz CT molecular complexity index is 923. The molecule has 0 atom stereocenters. The summed E-state index contributed by atoms with van der Waals surface area (Å²) in [5, 5.41) is 0. The molecule has 0 saturated heterocycles. The number of benzene rings is 1. The number of hydrogen-bond donors (Lipinski definition) is 1. The minimum absolute atomic E-state index is 0.000448. The smallest absolute Gasteiger partial charge is 0.209 e. The minimum atomic E-state index is -3.40. The highest BCUT2D eigenvalue weighted by Crippen LogP contribution is 2.29. The minimum Gasteiger partial charge on any atom is -0.299 e. The molecule has 0 spiro atoms. The second-order valence-electron chi connectivity index (χ2n) is 6.04. The zero-order valence-electron chi connectivity index (χ0n) is 14.7. The Labute approximate surface area is 152 Å². The van der Waals surface area contributed by atoms with Crippen molar-refractivity contribution in [1.82, 2.24) is 14.7 Å². The molecular formula is C18H20FN3O3S. The number of halogens is 1. The summed E-state index contributed by atoms with van der Waals surface area (Å²) in [6.45, 7) is 3.80. The Morgan fingerprint density at radius 1 is 1.19 bits per heavy atom. The highest BCUT2D eigenvalue weighted by atomic mass is 32.2. The molecule has 2 rings (SSSR count). The van der Waals surface area contributed by atoms with E-state index in [-0.39, 0.29) is 18.3 Å². The van der Waals surface area contributed by atoms with E-state index in [9.17, 15) is 17.6 Å². The van der Waals surface area contributed by atoms with Crippen LogP contribution in [0.5, 0.6) is 0 Å². The third kappa shape index (κ3) is 5.27. The largest absolute Gasteiger partial charge is 0.299 e. The zero-order valence-corrected chi connectivity index (χ0v) is 15.5. The summed E-state index contributed by atoms with van der Waals surface area (Å²) in [5.41, 5.74) is 2.46. The fourth-order valence-corrected chi connectivity index (χ4v) is 2.77. The number of rotatable bonds is 7. The number of allylic oxidation sites excluding steroid dienone is 1. The Hall–Kier alpha value is -2.45. The van der Waals surface area contributed by atoms with Gasteiger partial charge >= 0.3 is 0 Å². The van der Waals surface area contributed by atoms with Crippen LogP contribution in [-0.4, -0.2) is 30.9 Å². The van der Waals surface area contributed by atoms with Gasteiger partial charge in [0.2, 0.25) is 10.0 Å².